The molecule has 7 aromatic rings. The monoisotopic (exact) mass is 841 g/mol. The lowest BCUT2D eigenvalue weighted by atomic mass is 9.73. The lowest BCUT2D eigenvalue weighted by Gasteiger charge is -2.35. The third kappa shape index (κ3) is 6.52. The maximum atomic E-state index is 4.81. The van der Waals surface area contributed by atoms with E-state index in [1.54, 1.807) is 0 Å². The smallest absolute Gasteiger partial charge is 0.0596 e. The number of rotatable bonds is 10. The zero-order valence-corrected chi connectivity index (χ0v) is 38.9. The summed E-state index contributed by atoms with van der Waals surface area (Å²) in [6.07, 6.45) is 27.0. The van der Waals surface area contributed by atoms with Crippen LogP contribution >= 0.6 is 11.3 Å². The van der Waals surface area contributed by atoms with Crippen molar-refractivity contribution in [3.05, 3.63) is 196 Å². The number of hydrogen-bond acceptors (Lipinski definition) is 2. The average molecular weight is 842 g/mol. The highest BCUT2D eigenvalue weighted by Gasteiger charge is 2.37. The molecule has 0 spiro atoms. The molecule has 4 heteroatoms. The van der Waals surface area contributed by atoms with Gasteiger partial charge in [-0.3, -0.25) is 0 Å². The number of thiophene rings is 1. The number of para-hydroxylation sites is 2. The molecule has 1 atom stereocenters. The van der Waals surface area contributed by atoms with E-state index in [1.807, 2.05) is 43.4 Å². The van der Waals surface area contributed by atoms with E-state index in [0.717, 1.165) is 58.6 Å². The first-order valence-corrected chi connectivity index (χ1v) is 23.6. The van der Waals surface area contributed by atoms with Crippen molar-refractivity contribution in [2.45, 2.75) is 85.6 Å². The maximum absolute atomic E-state index is 4.81. The van der Waals surface area contributed by atoms with E-state index in [1.165, 1.54) is 70.4 Å². The number of hydrogen-bond donors (Lipinski definition) is 0. The normalized spacial score (nSPS) is 15.9. The Morgan fingerprint density at radius 2 is 1.71 bits per heavy atom. The minimum Gasteiger partial charge on any atom is -0.336 e. The van der Waals surface area contributed by atoms with Crippen LogP contribution in [0.2, 0.25) is 0 Å². The fourth-order valence-electron chi connectivity index (χ4n) is 10.4. The molecule has 0 saturated carbocycles. The number of nitrogens with zero attached hydrogens (tertiary/aromatic N) is 3. The second-order valence-electron chi connectivity index (χ2n) is 17.2. The Bertz CT molecular complexity index is 3160. The molecule has 2 aliphatic heterocycles. The molecule has 0 radical (unpaired) electrons. The second-order valence-corrected chi connectivity index (χ2v) is 18.3. The van der Waals surface area contributed by atoms with E-state index in [0.29, 0.717) is 6.54 Å². The molecule has 63 heavy (non-hydrogen) atoms. The Balaban J connectivity index is 0.00000249. The van der Waals surface area contributed by atoms with Crippen molar-refractivity contribution in [3.63, 3.8) is 0 Å². The van der Waals surface area contributed by atoms with E-state index in [-0.39, 0.29) is 11.3 Å². The van der Waals surface area contributed by atoms with Gasteiger partial charge >= 0.3 is 0 Å². The number of anilines is 1. The molecule has 3 aliphatic rings. The molecule has 0 N–H and O–H groups in total. The molecule has 10 rings (SSSR count). The van der Waals surface area contributed by atoms with Crippen LogP contribution in [0.25, 0.3) is 67.5 Å². The largest absolute Gasteiger partial charge is 0.336 e. The van der Waals surface area contributed by atoms with Crippen molar-refractivity contribution < 1.29 is 0 Å². The Labute approximate surface area is 378 Å². The van der Waals surface area contributed by atoms with Gasteiger partial charge in [0.25, 0.3) is 0 Å². The first kappa shape index (κ1) is 42.0. The lowest BCUT2D eigenvalue weighted by Crippen LogP contribution is -2.26. The first-order chi connectivity index (χ1) is 30.7. The highest BCUT2D eigenvalue weighted by atomic mass is 32.1. The van der Waals surface area contributed by atoms with E-state index >= 15 is 0 Å². The first-order valence-electron chi connectivity index (χ1n) is 22.8. The van der Waals surface area contributed by atoms with E-state index in [9.17, 15) is 0 Å². The molecule has 3 aromatic heterocycles. The van der Waals surface area contributed by atoms with Crippen LogP contribution in [0.15, 0.2) is 141 Å². The van der Waals surface area contributed by atoms with Gasteiger partial charge in [-0.2, -0.15) is 0 Å². The molecule has 3 nitrogen and oxygen atoms in total. The molecule has 5 heterocycles. The fraction of sp³-hybridized carbons (Fsp3) is 0.220. The summed E-state index contributed by atoms with van der Waals surface area (Å²) in [5.74, 6) is 0.158. The summed E-state index contributed by atoms with van der Waals surface area (Å²) < 4.78 is 6.36. The third-order valence-corrected chi connectivity index (χ3v) is 14.6. The van der Waals surface area contributed by atoms with Crippen LogP contribution < -0.4 is 4.90 Å². The average Bonchev–Trinajstić information content (AvgIpc) is 4.06. The quantitative estimate of drug-likeness (QED) is 0.125. The number of aromatic nitrogens is 2. The molecule has 0 amide bonds. The molecule has 4 aromatic carbocycles. The van der Waals surface area contributed by atoms with Gasteiger partial charge in [-0.25, -0.2) is 0 Å². The summed E-state index contributed by atoms with van der Waals surface area (Å²) in [4.78, 5) is 3.91. The van der Waals surface area contributed by atoms with Gasteiger partial charge < -0.3 is 14.0 Å². The summed E-state index contributed by atoms with van der Waals surface area (Å²) >= 11 is 1.99. The van der Waals surface area contributed by atoms with Crippen molar-refractivity contribution in [1.29, 1.82) is 0 Å². The van der Waals surface area contributed by atoms with Gasteiger partial charge in [-0.05, 0) is 72.0 Å². The Kier molecular flexibility index (Phi) is 11.1. The Morgan fingerprint density at radius 3 is 2.49 bits per heavy atom. The van der Waals surface area contributed by atoms with E-state index in [4.69, 9.17) is 6.58 Å². The number of allylic oxidation sites excluding steroid dienone is 7. The summed E-state index contributed by atoms with van der Waals surface area (Å²) in [5, 5.41) is 4.16. The molecule has 0 bridgehead atoms. The van der Waals surface area contributed by atoms with Crippen LogP contribution in [0, 0.1) is 0 Å². The van der Waals surface area contributed by atoms with Gasteiger partial charge in [0.1, 0.15) is 0 Å². The van der Waals surface area contributed by atoms with E-state index < -0.39 is 0 Å². The van der Waals surface area contributed by atoms with Gasteiger partial charge in [-0.1, -0.05) is 165 Å². The van der Waals surface area contributed by atoms with Gasteiger partial charge in [0.2, 0.25) is 0 Å². The predicted octanol–water partition coefficient (Wildman–Crippen LogP) is 16.8. The van der Waals surface area contributed by atoms with Crippen LogP contribution in [0.3, 0.4) is 0 Å². The summed E-state index contributed by atoms with van der Waals surface area (Å²) in [7, 11) is 0. The third-order valence-electron chi connectivity index (χ3n) is 13.3. The highest BCUT2D eigenvalue weighted by molar-refractivity contribution is 7.20. The fourth-order valence-corrected chi connectivity index (χ4v) is 11.7. The van der Waals surface area contributed by atoms with Crippen LogP contribution in [0.4, 0.5) is 5.69 Å². The van der Waals surface area contributed by atoms with Gasteiger partial charge in [0, 0.05) is 89.9 Å². The van der Waals surface area contributed by atoms with Crippen molar-refractivity contribution in [2.75, 3.05) is 4.90 Å². The summed E-state index contributed by atoms with van der Waals surface area (Å²) in [6.45, 7) is 29.3. The van der Waals surface area contributed by atoms with Crippen LogP contribution in [0.5, 0.6) is 0 Å². The zero-order valence-electron chi connectivity index (χ0n) is 38.1. The van der Waals surface area contributed by atoms with Crippen molar-refractivity contribution in [1.82, 2.24) is 9.13 Å². The Hall–Kier alpha value is -6.36. The maximum Gasteiger partial charge on any atom is 0.0596 e. The van der Waals surface area contributed by atoms with Crippen molar-refractivity contribution in [2.24, 2.45) is 0 Å². The summed E-state index contributed by atoms with van der Waals surface area (Å²) in [6, 6.07) is 27.6. The Morgan fingerprint density at radius 1 is 0.921 bits per heavy atom. The number of fused-ring (bicyclic) bond motifs is 11. The standard InChI is InChI=1S/C57H53N3S.C2H6/c1-9-13-18-31-59-48(21-11-3)40(12-4)43-30-32-58(49-25-16-14-22-41(49)37(6)54(43)59)39(20-10-2)33-36(5)38-28-29-51-46(34-38)57(7,8)47-35-45-42-24-19-27-52(42)61-56(45)53-44-23-15-17-26-50(44)60(51)55(47)53;1-2/h9,11-19,21-26,28-30,32-36H,1,4,6,10,20,27,31H2,2-3,5,7-8H3;1-2H3/b18-13-,21-11-,32-30-,39-33+;. The second kappa shape index (κ2) is 16.7. The molecular formula is C59H59N3S. The van der Waals surface area contributed by atoms with E-state index in [2.05, 4.69) is 183 Å². The van der Waals surface area contributed by atoms with Crippen molar-refractivity contribution >= 4 is 78.8 Å². The van der Waals surface area contributed by atoms with Gasteiger partial charge in [0.15, 0.2) is 0 Å². The van der Waals surface area contributed by atoms with Crippen LogP contribution in [-0.2, 0) is 18.4 Å². The molecule has 0 saturated heterocycles. The molecular weight excluding hydrogens is 783 g/mol. The highest BCUT2D eigenvalue weighted by Crippen LogP contribution is 2.53. The zero-order chi connectivity index (χ0) is 44.2. The topological polar surface area (TPSA) is 13.1 Å². The molecule has 0 fully saturated rings. The lowest BCUT2D eigenvalue weighted by molar-refractivity contribution is 0.629. The van der Waals surface area contributed by atoms with Crippen molar-refractivity contribution in [3.8, 4) is 5.69 Å². The molecule has 1 unspecified atom stereocenters. The molecule has 1 aliphatic carbocycles. The predicted molar refractivity (Wildman–Crippen MR) is 278 cm³/mol. The SMILES string of the molecule is C=C/C=C\Cn1c(/C=C\C)c(C=C)c2c1C(=C)c1ccccc1N(/C(=C/C(C)c1ccc3c(c1)C(C)(C)c1cc4c5c(sc4c4c6ccccc6n-3c14)CC=C5)CCC)/C=C\2.CC. The molecule has 316 valence electrons. The number of benzene rings is 4. The van der Waals surface area contributed by atoms with Gasteiger partial charge in [-0.15, -0.1) is 11.3 Å². The minimum absolute atomic E-state index is 0.158. The summed E-state index contributed by atoms with van der Waals surface area (Å²) in [5.41, 5.74) is 18.3. The minimum atomic E-state index is -0.204. The van der Waals surface area contributed by atoms with Gasteiger partial charge in [0.05, 0.1) is 28.1 Å². The van der Waals surface area contributed by atoms with Crippen LogP contribution in [-0.4, -0.2) is 9.13 Å². The van der Waals surface area contributed by atoms with Crippen LogP contribution in [0.1, 0.15) is 122 Å².